The molecular formula is C7H12N4O2S. The summed E-state index contributed by atoms with van der Waals surface area (Å²) in [5, 5.41) is 6.78. The molecule has 0 atom stereocenters. The van der Waals surface area contributed by atoms with Crippen molar-refractivity contribution in [3.8, 4) is 0 Å². The van der Waals surface area contributed by atoms with E-state index in [1.54, 1.807) is 18.8 Å². The minimum absolute atomic E-state index is 0.0333. The van der Waals surface area contributed by atoms with Crippen molar-refractivity contribution in [2.75, 3.05) is 31.3 Å². The van der Waals surface area contributed by atoms with Gasteiger partial charge in [0.15, 0.2) is 0 Å². The third-order valence-corrected chi connectivity index (χ3v) is 2.28. The predicted octanol–water partition coefficient (Wildman–Crippen LogP) is 0.0868. The van der Waals surface area contributed by atoms with Gasteiger partial charge in [0.2, 0.25) is 11.5 Å². The normalized spacial score (nSPS) is 10.1. The van der Waals surface area contributed by atoms with Gasteiger partial charge in [-0.15, -0.1) is 0 Å². The van der Waals surface area contributed by atoms with Crippen LogP contribution < -0.4 is 5.73 Å². The number of aromatic nitrogens is 2. The van der Waals surface area contributed by atoms with E-state index in [9.17, 15) is 4.79 Å². The Labute approximate surface area is 85.8 Å². The first-order chi connectivity index (χ1) is 6.66. The lowest BCUT2D eigenvalue weighted by atomic mass is 10.4. The Kier molecular flexibility index (Phi) is 3.75. The van der Waals surface area contributed by atoms with Gasteiger partial charge in [0.1, 0.15) is 0 Å². The maximum Gasteiger partial charge on any atom is 0.279 e. The van der Waals surface area contributed by atoms with E-state index in [1.165, 1.54) is 4.90 Å². The number of anilines is 1. The minimum atomic E-state index is -0.266. The summed E-state index contributed by atoms with van der Waals surface area (Å²) >= 11 is 1.66. The van der Waals surface area contributed by atoms with Gasteiger partial charge in [-0.05, 0) is 16.6 Å². The molecule has 7 heteroatoms. The highest BCUT2D eigenvalue weighted by molar-refractivity contribution is 7.98. The second kappa shape index (κ2) is 4.85. The molecule has 1 heterocycles. The van der Waals surface area contributed by atoms with E-state index < -0.39 is 0 Å². The van der Waals surface area contributed by atoms with Crippen LogP contribution in [-0.2, 0) is 0 Å². The Bertz CT molecular complexity index is 314. The lowest BCUT2D eigenvalue weighted by Gasteiger charge is -2.14. The lowest BCUT2D eigenvalue weighted by Crippen LogP contribution is -2.29. The molecule has 1 rings (SSSR count). The number of carbonyl (C=O) groups excluding carboxylic acids is 1. The highest BCUT2D eigenvalue weighted by Crippen LogP contribution is 2.07. The summed E-state index contributed by atoms with van der Waals surface area (Å²) in [6.07, 6.45) is 1.98. The molecule has 0 aromatic carbocycles. The number of thioether (sulfide) groups is 1. The average Bonchev–Trinajstić information content (AvgIpc) is 2.59. The fourth-order valence-corrected chi connectivity index (χ4v) is 1.31. The van der Waals surface area contributed by atoms with Crippen LogP contribution in [-0.4, -0.2) is 46.7 Å². The number of carbonyl (C=O) groups is 1. The Balaban J connectivity index is 2.61. The number of rotatable bonds is 4. The van der Waals surface area contributed by atoms with Crippen LogP contribution >= 0.6 is 11.8 Å². The van der Waals surface area contributed by atoms with Crippen LogP contribution in [0.2, 0.25) is 0 Å². The second-order valence-corrected chi connectivity index (χ2v) is 3.70. The molecule has 0 aliphatic carbocycles. The molecule has 1 amide bonds. The largest absolute Gasteiger partial charge is 0.379 e. The highest BCUT2D eigenvalue weighted by atomic mass is 32.2. The second-order valence-electron chi connectivity index (χ2n) is 2.72. The molecule has 0 bridgehead atoms. The number of nitrogen functional groups attached to an aromatic ring is 1. The van der Waals surface area contributed by atoms with Crippen LogP contribution in [0.15, 0.2) is 4.63 Å². The Morgan fingerprint density at radius 2 is 2.36 bits per heavy atom. The van der Waals surface area contributed by atoms with Crippen molar-refractivity contribution in [3.63, 3.8) is 0 Å². The summed E-state index contributed by atoms with van der Waals surface area (Å²) in [7, 11) is 1.69. The third-order valence-electron chi connectivity index (χ3n) is 1.69. The summed E-state index contributed by atoms with van der Waals surface area (Å²) in [6.45, 7) is 0.645. The molecule has 1 aromatic heterocycles. The molecule has 2 N–H and O–H groups in total. The summed E-state index contributed by atoms with van der Waals surface area (Å²) in [6, 6.07) is 0. The molecule has 0 aliphatic rings. The molecule has 0 fully saturated rings. The fraction of sp³-hybridized carbons (Fsp3) is 0.571. The van der Waals surface area contributed by atoms with Crippen molar-refractivity contribution < 1.29 is 9.42 Å². The molecule has 0 radical (unpaired) electrons. The van der Waals surface area contributed by atoms with Crippen LogP contribution in [0.3, 0.4) is 0 Å². The number of nitrogens with two attached hydrogens (primary N) is 1. The average molecular weight is 216 g/mol. The molecule has 78 valence electrons. The van der Waals surface area contributed by atoms with Crippen LogP contribution in [0.1, 0.15) is 10.5 Å². The molecule has 0 unspecified atom stereocenters. The van der Waals surface area contributed by atoms with Gasteiger partial charge in [-0.25, -0.2) is 4.63 Å². The van der Waals surface area contributed by atoms with Gasteiger partial charge in [0.25, 0.3) is 5.91 Å². The molecule has 0 saturated carbocycles. The van der Waals surface area contributed by atoms with E-state index in [0.717, 1.165) is 5.75 Å². The van der Waals surface area contributed by atoms with Crippen molar-refractivity contribution in [1.82, 2.24) is 15.2 Å². The standard InChI is InChI=1S/C7H12N4O2S/c1-11(3-4-14-2)7(12)5-6(8)10-13-9-5/h3-4H2,1-2H3,(H2,8,10). The van der Waals surface area contributed by atoms with Crippen molar-refractivity contribution >= 4 is 23.5 Å². The maximum atomic E-state index is 11.6. The topological polar surface area (TPSA) is 85.2 Å². The van der Waals surface area contributed by atoms with Gasteiger partial charge in [0, 0.05) is 19.3 Å². The van der Waals surface area contributed by atoms with Gasteiger partial charge in [-0.3, -0.25) is 4.79 Å². The number of hydrogen-bond donors (Lipinski definition) is 1. The van der Waals surface area contributed by atoms with E-state index in [1.807, 2.05) is 6.26 Å². The molecular weight excluding hydrogens is 204 g/mol. The van der Waals surface area contributed by atoms with E-state index in [4.69, 9.17) is 5.73 Å². The zero-order valence-electron chi connectivity index (χ0n) is 8.06. The van der Waals surface area contributed by atoms with E-state index >= 15 is 0 Å². The van der Waals surface area contributed by atoms with Gasteiger partial charge in [0.05, 0.1) is 0 Å². The van der Waals surface area contributed by atoms with Crippen molar-refractivity contribution in [1.29, 1.82) is 0 Å². The molecule has 0 saturated heterocycles. The zero-order chi connectivity index (χ0) is 10.6. The Morgan fingerprint density at radius 1 is 1.64 bits per heavy atom. The molecule has 1 aromatic rings. The van der Waals surface area contributed by atoms with E-state index in [2.05, 4.69) is 14.9 Å². The SMILES string of the molecule is CSCCN(C)C(=O)c1nonc1N. The predicted molar refractivity (Wildman–Crippen MR) is 54.1 cm³/mol. The highest BCUT2D eigenvalue weighted by Gasteiger charge is 2.19. The third kappa shape index (κ3) is 2.38. The van der Waals surface area contributed by atoms with Crippen LogP contribution in [0.25, 0.3) is 0 Å². The molecule has 14 heavy (non-hydrogen) atoms. The van der Waals surface area contributed by atoms with Crippen LogP contribution in [0, 0.1) is 0 Å². The van der Waals surface area contributed by atoms with Crippen LogP contribution in [0.4, 0.5) is 5.82 Å². The number of hydrogen-bond acceptors (Lipinski definition) is 6. The molecule has 0 spiro atoms. The minimum Gasteiger partial charge on any atom is -0.379 e. The summed E-state index contributed by atoms with van der Waals surface area (Å²) in [4.78, 5) is 13.1. The quantitative estimate of drug-likeness (QED) is 0.767. The van der Waals surface area contributed by atoms with Gasteiger partial charge in [-0.1, -0.05) is 0 Å². The zero-order valence-corrected chi connectivity index (χ0v) is 8.87. The van der Waals surface area contributed by atoms with Gasteiger partial charge < -0.3 is 10.6 Å². The van der Waals surface area contributed by atoms with Crippen molar-refractivity contribution in [2.24, 2.45) is 0 Å². The lowest BCUT2D eigenvalue weighted by molar-refractivity contribution is 0.0793. The first kappa shape index (κ1) is 10.8. The Hall–Kier alpha value is -1.24. The van der Waals surface area contributed by atoms with Gasteiger partial charge >= 0.3 is 0 Å². The smallest absolute Gasteiger partial charge is 0.279 e. The number of nitrogens with zero attached hydrogens (tertiary/aromatic N) is 3. The van der Waals surface area contributed by atoms with Crippen LogP contribution in [0.5, 0.6) is 0 Å². The molecule has 0 aliphatic heterocycles. The van der Waals surface area contributed by atoms with E-state index in [0.29, 0.717) is 6.54 Å². The first-order valence-electron chi connectivity index (χ1n) is 3.99. The fourth-order valence-electron chi connectivity index (χ4n) is 0.854. The van der Waals surface area contributed by atoms with Crippen molar-refractivity contribution in [3.05, 3.63) is 5.69 Å². The maximum absolute atomic E-state index is 11.6. The van der Waals surface area contributed by atoms with Gasteiger partial charge in [-0.2, -0.15) is 11.8 Å². The number of amides is 1. The Morgan fingerprint density at radius 3 is 2.86 bits per heavy atom. The van der Waals surface area contributed by atoms with E-state index in [-0.39, 0.29) is 17.4 Å². The summed E-state index contributed by atoms with van der Waals surface area (Å²) in [5.41, 5.74) is 5.47. The molecule has 6 nitrogen and oxygen atoms in total. The summed E-state index contributed by atoms with van der Waals surface area (Å²) in [5.74, 6) is 0.636. The van der Waals surface area contributed by atoms with Crippen molar-refractivity contribution in [2.45, 2.75) is 0 Å². The monoisotopic (exact) mass is 216 g/mol. The summed E-state index contributed by atoms with van der Waals surface area (Å²) < 4.78 is 4.34. The first-order valence-corrected chi connectivity index (χ1v) is 5.38.